The minimum Gasteiger partial charge on any atom is -0.490 e. The quantitative estimate of drug-likeness (QED) is 0.782. The van der Waals surface area contributed by atoms with Gasteiger partial charge in [0, 0.05) is 5.56 Å². The monoisotopic (exact) mass is 350 g/mol. The predicted octanol–water partition coefficient (Wildman–Crippen LogP) is 3.90. The number of ether oxygens (including phenoxy) is 3. The first-order chi connectivity index (χ1) is 11.6. The number of hydrogen-bond acceptors (Lipinski definition) is 6. The van der Waals surface area contributed by atoms with Crippen molar-refractivity contribution in [2.24, 2.45) is 0 Å². The normalized spacial score (nSPS) is 10.3. The SMILES string of the molecule is CCOc1cc(C(=O)Nc2cc(C)ns2)cc(OCC)c1OCC. The van der Waals surface area contributed by atoms with Crippen molar-refractivity contribution in [3.8, 4) is 17.2 Å². The molecule has 24 heavy (non-hydrogen) atoms. The summed E-state index contributed by atoms with van der Waals surface area (Å²) in [7, 11) is 0. The van der Waals surface area contributed by atoms with Crippen LogP contribution in [0, 0.1) is 6.92 Å². The van der Waals surface area contributed by atoms with Crippen LogP contribution in [0.5, 0.6) is 17.2 Å². The van der Waals surface area contributed by atoms with Gasteiger partial charge in [0.05, 0.1) is 25.5 Å². The second-order valence-electron chi connectivity index (χ2n) is 4.89. The van der Waals surface area contributed by atoms with E-state index in [0.717, 1.165) is 5.69 Å². The minimum absolute atomic E-state index is 0.247. The third-order valence-electron chi connectivity index (χ3n) is 3.04. The number of nitrogens with zero attached hydrogens (tertiary/aromatic N) is 1. The van der Waals surface area contributed by atoms with Crippen molar-refractivity contribution in [1.82, 2.24) is 4.37 Å². The van der Waals surface area contributed by atoms with E-state index >= 15 is 0 Å². The largest absolute Gasteiger partial charge is 0.490 e. The Kier molecular flexibility index (Phi) is 6.43. The topological polar surface area (TPSA) is 69.7 Å². The Labute approximate surface area is 145 Å². The smallest absolute Gasteiger partial charge is 0.256 e. The molecule has 1 aromatic carbocycles. The minimum atomic E-state index is -0.247. The molecule has 6 nitrogen and oxygen atoms in total. The summed E-state index contributed by atoms with van der Waals surface area (Å²) in [6.45, 7) is 8.93. The van der Waals surface area contributed by atoms with E-state index in [1.54, 1.807) is 12.1 Å². The van der Waals surface area contributed by atoms with Crippen molar-refractivity contribution in [3.05, 3.63) is 29.5 Å². The Morgan fingerprint density at radius 3 is 2.08 bits per heavy atom. The van der Waals surface area contributed by atoms with E-state index in [0.29, 0.717) is 47.6 Å². The highest BCUT2D eigenvalue weighted by atomic mass is 32.1. The summed E-state index contributed by atoms with van der Waals surface area (Å²) < 4.78 is 21.0. The second-order valence-corrected chi connectivity index (χ2v) is 5.69. The van der Waals surface area contributed by atoms with Gasteiger partial charge in [0.25, 0.3) is 5.91 Å². The van der Waals surface area contributed by atoms with Gasteiger partial charge < -0.3 is 19.5 Å². The van der Waals surface area contributed by atoms with E-state index in [1.165, 1.54) is 11.5 Å². The zero-order chi connectivity index (χ0) is 17.5. The third kappa shape index (κ3) is 4.38. The number of aromatic nitrogens is 1. The number of hydrogen-bond donors (Lipinski definition) is 1. The first kappa shape index (κ1) is 18.1. The molecule has 0 saturated carbocycles. The van der Waals surface area contributed by atoms with Crippen LogP contribution < -0.4 is 19.5 Å². The lowest BCUT2D eigenvalue weighted by molar-refractivity contribution is 0.102. The molecule has 0 aliphatic carbocycles. The van der Waals surface area contributed by atoms with Gasteiger partial charge in [0.1, 0.15) is 5.00 Å². The van der Waals surface area contributed by atoms with Crippen LogP contribution in [-0.4, -0.2) is 30.1 Å². The van der Waals surface area contributed by atoms with Gasteiger partial charge in [-0.15, -0.1) is 0 Å². The Bertz CT molecular complexity index is 673. The van der Waals surface area contributed by atoms with E-state index < -0.39 is 0 Å². The Morgan fingerprint density at radius 2 is 1.62 bits per heavy atom. The summed E-state index contributed by atoms with van der Waals surface area (Å²) in [5.41, 5.74) is 1.31. The number of rotatable bonds is 8. The maximum atomic E-state index is 12.5. The second kappa shape index (κ2) is 8.54. The van der Waals surface area contributed by atoms with Crippen LogP contribution in [0.15, 0.2) is 18.2 Å². The number of amides is 1. The molecule has 0 spiro atoms. The van der Waals surface area contributed by atoms with Crippen LogP contribution in [0.2, 0.25) is 0 Å². The number of aryl methyl sites for hydroxylation is 1. The average Bonchev–Trinajstić information content (AvgIpc) is 2.95. The van der Waals surface area contributed by atoms with E-state index in [-0.39, 0.29) is 5.91 Å². The average molecular weight is 350 g/mol. The standard InChI is InChI=1S/C17H22N2O4S/c1-5-21-13-9-12(10-14(22-6-2)16(13)23-7-3)17(20)18-15-8-11(4)19-24-15/h8-10H,5-7H2,1-4H3,(H,18,20). The molecule has 7 heteroatoms. The van der Waals surface area contributed by atoms with Gasteiger partial charge in [0.15, 0.2) is 11.5 Å². The molecular formula is C17H22N2O4S. The zero-order valence-electron chi connectivity index (χ0n) is 14.3. The van der Waals surface area contributed by atoms with Gasteiger partial charge in [-0.05, 0) is 57.4 Å². The van der Waals surface area contributed by atoms with Gasteiger partial charge >= 0.3 is 0 Å². The van der Waals surface area contributed by atoms with Crippen LogP contribution in [0.25, 0.3) is 0 Å². The number of carbonyl (C=O) groups is 1. The maximum absolute atomic E-state index is 12.5. The van der Waals surface area contributed by atoms with Crippen LogP contribution >= 0.6 is 11.5 Å². The maximum Gasteiger partial charge on any atom is 0.256 e. The van der Waals surface area contributed by atoms with Crippen molar-refractivity contribution in [2.45, 2.75) is 27.7 Å². The van der Waals surface area contributed by atoms with E-state index in [2.05, 4.69) is 9.69 Å². The lowest BCUT2D eigenvalue weighted by atomic mass is 10.1. The molecule has 0 saturated heterocycles. The highest BCUT2D eigenvalue weighted by molar-refractivity contribution is 7.10. The molecule has 0 radical (unpaired) electrons. The molecular weight excluding hydrogens is 328 g/mol. The van der Waals surface area contributed by atoms with E-state index in [9.17, 15) is 4.79 Å². The predicted molar refractivity (Wildman–Crippen MR) is 94.8 cm³/mol. The Balaban J connectivity index is 2.35. The first-order valence-electron chi connectivity index (χ1n) is 7.90. The highest BCUT2D eigenvalue weighted by Gasteiger charge is 2.18. The fraction of sp³-hybridized carbons (Fsp3) is 0.412. The van der Waals surface area contributed by atoms with Gasteiger partial charge in [0.2, 0.25) is 5.75 Å². The molecule has 1 heterocycles. The van der Waals surface area contributed by atoms with Crippen molar-refractivity contribution in [2.75, 3.05) is 25.1 Å². The first-order valence-corrected chi connectivity index (χ1v) is 8.67. The van der Waals surface area contributed by atoms with Crippen molar-refractivity contribution >= 4 is 22.4 Å². The van der Waals surface area contributed by atoms with E-state index in [1.807, 2.05) is 33.8 Å². The number of carbonyl (C=O) groups excluding carboxylic acids is 1. The Hall–Kier alpha value is -2.28. The summed E-state index contributed by atoms with van der Waals surface area (Å²) >= 11 is 1.24. The molecule has 1 aromatic heterocycles. The summed E-state index contributed by atoms with van der Waals surface area (Å²) in [6.07, 6.45) is 0. The lowest BCUT2D eigenvalue weighted by Crippen LogP contribution is -2.12. The molecule has 0 fully saturated rings. The zero-order valence-corrected chi connectivity index (χ0v) is 15.2. The fourth-order valence-electron chi connectivity index (χ4n) is 2.13. The van der Waals surface area contributed by atoms with Gasteiger partial charge in [-0.3, -0.25) is 4.79 Å². The molecule has 1 N–H and O–H groups in total. The van der Waals surface area contributed by atoms with Crippen molar-refractivity contribution in [3.63, 3.8) is 0 Å². The summed E-state index contributed by atoms with van der Waals surface area (Å²) in [6, 6.07) is 5.16. The van der Waals surface area contributed by atoms with Crippen LogP contribution in [0.3, 0.4) is 0 Å². The molecule has 0 atom stereocenters. The molecule has 2 rings (SSSR count). The molecule has 0 bridgehead atoms. The van der Waals surface area contributed by atoms with Crippen LogP contribution in [0.4, 0.5) is 5.00 Å². The number of benzene rings is 1. The highest BCUT2D eigenvalue weighted by Crippen LogP contribution is 2.39. The van der Waals surface area contributed by atoms with Crippen LogP contribution in [-0.2, 0) is 0 Å². The van der Waals surface area contributed by atoms with Gasteiger partial charge in [-0.25, -0.2) is 0 Å². The van der Waals surface area contributed by atoms with Crippen molar-refractivity contribution < 1.29 is 19.0 Å². The summed E-state index contributed by atoms with van der Waals surface area (Å²) in [5.74, 6) is 1.27. The molecule has 2 aromatic rings. The number of anilines is 1. The van der Waals surface area contributed by atoms with Gasteiger partial charge in [-0.1, -0.05) is 0 Å². The molecule has 0 aliphatic heterocycles. The molecule has 0 aliphatic rings. The molecule has 1 amide bonds. The summed E-state index contributed by atoms with van der Waals surface area (Å²) in [4.78, 5) is 12.5. The van der Waals surface area contributed by atoms with E-state index in [4.69, 9.17) is 14.2 Å². The third-order valence-corrected chi connectivity index (χ3v) is 3.83. The summed E-state index contributed by atoms with van der Waals surface area (Å²) in [5, 5.41) is 3.53. The molecule has 130 valence electrons. The fourth-order valence-corrected chi connectivity index (χ4v) is 2.78. The lowest BCUT2D eigenvalue weighted by Gasteiger charge is -2.16. The van der Waals surface area contributed by atoms with Crippen LogP contribution in [0.1, 0.15) is 36.8 Å². The van der Waals surface area contributed by atoms with Gasteiger partial charge in [-0.2, -0.15) is 4.37 Å². The Morgan fingerprint density at radius 1 is 1.04 bits per heavy atom. The van der Waals surface area contributed by atoms with Crippen molar-refractivity contribution in [1.29, 1.82) is 0 Å². The number of nitrogens with one attached hydrogen (secondary N) is 1. The molecule has 0 unspecified atom stereocenters.